The average Bonchev–Trinajstić information content (AvgIpc) is 2.25. The molecule has 3 nitrogen and oxygen atoms in total. The molecule has 1 atom stereocenters. The second-order valence-electron chi connectivity index (χ2n) is 3.78. The fourth-order valence-corrected chi connectivity index (χ4v) is 1.53. The first-order valence-electron chi connectivity index (χ1n) is 5.38. The summed E-state index contributed by atoms with van der Waals surface area (Å²) in [5, 5.41) is 11.1. The van der Waals surface area contributed by atoms with Gasteiger partial charge in [0.1, 0.15) is 0 Å². The van der Waals surface area contributed by atoms with Crippen molar-refractivity contribution in [3.8, 4) is 0 Å². The highest BCUT2D eigenvalue weighted by atomic mass is 15.1. The SMILES string of the molecule is C=C(C)CCC(NCC)c1ccnnc1. The molecular formula is C12H19N3. The fourth-order valence-electron chi connectivity index (χ4n) is 1.53. The molecule has 1 unspecified atom stereocenters. The van der Waals surface area contributed by atoms with Gasteiger partial charge in [-0.1, -0.05) is 12.5 Å². The lowest BCUT2D eigenvalue weighted by atomic mass is 10.0. The van der Waals surface area contributed by atoms with Gasteiger partial charge < -0.3 is 5.32 Å². The molecule has 1 rings (SSSR count). The third-order valence-corrected chi connectivity index (χ3v) is 2.32. The summed E-state index contributed by atoms with van der Waals surface area (Å²) in [6, 6.07) is 2.38. The van der Waals surface area contributed by atoms with Crippen LogP contribution in [-0.4, -0.2) is 16.7 Å². The van der Waals surface area contributed by atoms with Gasteiger partial charge in [-0.25, -0.2) is 0 Å². The Morgan fingerprint density at radius 3 is 2.87 bits per heavy atom. The van der Waals surface area contributed by atoms with Crippen LogP contribution in [0.15, 0.2) is 30.6 Å². The van der Waals surface area contributed by atoms with Crippen molar-refractivity contribution in [1.82, 2.24) is 15.5 Å². The first-order valence-corrected chi connectivity index (χ1v) is 5.38. The van der Waals surface area contributed by atoms with Crippen molar-refractivity contribution in [3.63, 3.8) is 0 Å². The smallest absolute Gasteiger partial charge is 0.0544 e. The quantitative estimate of drug-likeness (QED) is 0.725. The molecule has 1 heterocycles. The Morgan fingerprint density at radius 2 is 2.33 bits per heavy atom. The number of aromatic nitrogens is 2. The standard InChI is InChI=1S/C12H19N3/c1-4-13-12(6-5-10(2)3)11-7-8-14-15-9-11/h7-9,12-13H,2,4-6H2,1,3H3. The summed E-state index contributed by atoms with van der Waals surface area (Å²) in [5.41, 5.74) is 2.42. The second kappa shape index (κ2) is 6.30. The zero-order valence-electron chi connectivity index (χ0n) is 9.53. The molecule has 0 aliphatic rings. The summed E-state index contributed by atoms with van der Waals surface area (Å²) in [6.45, 7) is 9.06. The van der Waals surface area contributed by atoms with Crippen LogP contribution < -0.4 is 5.32 Å². The van der Waals surface area contributed by atoms with Crippen molar-refractivity contribution in [2.45, 2.75) is 32.7 Å². The van der Waals surface area contributed by atoms with E-state index in [1.54, 1.807) is 6.20 Å². The molecule has 0 fully saturated rings. The summed E-state index contributed by atoms with van der Waals surface area (Å²) in [7, 11) is 0. The number of rotatable bonds is 6. The lowest BCUT2D eigenvalue weighted by Gasteiger charge is -2.17. The molecule has 0 aliphatic carbocycles. The van der Waals surface area contributed by atoms with E-state index >= 15 is 0 Å². The summed E-state index contributed by atoms with van der Waals surface area (Å²) in [6.07, 6.45) is 5.67. The Morgan fingerprint density at radius 1 is 1.53 bits per heavy atom. The van der Waals surface area contributed by atoms with Crippen LogP contribution >= 0.6 is 0 Å². The minimum atomic E-state index is 0.363. The zero-order chi connectivity index (χ0) is 11.1. The molecule has 0 radical (unpaired) electrons. The molecule has 0 bridgehead atoms. The number of hydrogen-bond acceptors (Lipinski definition) is 3. The normalized spacial score (nSPS) is 12.4. The first-order chi connectivity index (χ1) is 7.24. The van der Waals surface area contributed by atoms with Crippen molar-refractivity contribution >= 4 is 0 Å². The third kappa shape index (κ3) is 4.21. The summed E-state index contributed by atoms with van der Waals surface area (Å²) < 4.78 is 0. The highest BCUT2D eigenvalue weighted by molar-refractivity contribution is 5.12. The van der Waals surface area contributed by atoms with E-state index in [0.717, 1.165) is 19.4 Å². The molecule has 1 N–H and O–H groups in total. The van der Waals surface area contributed by atoms with Crippen LogP contribution in [0, 0.1) is 0 Å². The fraction of sp³-hybridized carbons (Fsp3) is 0.500. The van der Waals surface area contributed by atoms with Crippen LogP contribution in [0.25, 0.3) is 0 Å². The zero-order valence-corrected chi connectivity index (χ0v) is 9.53. The lowest BCUT2D eigenvalue weighted by Crippen LogP contribution is -2.21. The van der Waals surface area contributed by atoms with Gasteiger partial charge >= 0.3 is 0 Å². The van der Waals surface area contributed by atoms with Crippen molar-refractivity contribution in [2.75, 3.05) is 6.54 Å². The van der Waals surface area contributed by atoms with E-state index in [-0.39, 0.29) is 0 Å². The molecule has 3 heteroatoms. The highest BCUT2D eigenvalue weighted by Gasteiger charge is 2.09. The third-order valence-electron chi connectivity index (χ3n) is 2.32. The maximum absolute atomic E-state index is 3.93. The molecule has 0 saturated carbocycles. The van der Waals surface area contributed by atoms with Gasteiger partial charge in [0.25, 0.3) is 0 Å². The van der Waals surface area contributed by atoms with Gasteiger partial charge in [-0.05, 0) is 37.9 Å². The Labute approximate surface area is 91.6 Å². The Bertz CT molecular complexity index is 295. The first kappa shape index (κ1) is 11.9. The predicted octanol–water partition coefficient (Wildman–Crippen LogP) is 2.48. The van der Waals surface area contributed by atoms with E-state index in [2.05, 4.69) is 35.9 Å². The molecule has 1 aromatic rings. The number of nitrogens with zero attached hydrogens (tertiary/aromatic N) is 2. The van der Waals surface area contributed by atoms with Crippen molar-refractivity contribution in [2.24, 2.45) is 0 Å². The summed E-state index contributed by atoms with van der Waals surface area (Å²) in [4.78, 5) is 0. The van der Waals surface area contributed by atoms with E-state index in [1.165, 1.54) is 11.1 Å². The number of hydrogen-bond donors (Lipinski definition) is 1. The van der Waals surface area contributed by atoms with Crippen molar-refractivity contribution < 1.29 is 0 Å². The molecule has 1 aromatic heterocycles. The number of allylic oxidation sites excluding steroid dienone is 1. The van der Waals surface area contributed by atoms with E-state index in [4.69, 9.17) is 0 Å². The number of nitrogens with one attached hydrogen (secondary N) is 1. The van der Waals surface area contributed by atoms with Crippen LogP contribution in [0.4, 0.5) is 0 Å². The monoisotopic (exact) mass is 205 g/mol. The maximum Gasteiger partial charge on any atom is 0.0544 e. The van der Waals surface area contributed by atoms with Gasteiger partial charge in [0.2, 0.25) is 0 Å². The Kier molecular flexibility index (Phi) is 4.98. The maximum atomic E-state index is 3.93. The highest BCUT2D eigenvalue weighted by Crippen LogP contribution is 2.18. The minimum absolute atomic E-state index is 0.363. The molecule has 0 saturated heterocycles. The van der Waals surface area contributed by atoms with Gasteiger partial charge in [-0.2, -0.15) is 10.2 Å². The van der Waals surface area contributed by atoms with Crippen molar-refractivity contribution in [3.05, 3.63) is 36.2 Å². The van der Waals surface area contributed by atoms with Crippen LogP contribution in [0.1, 0.15) is 38.3 Å². The largest absolute Gasteiger partial charge is 0.310 e. The van der Waals surface area contributed by atoms with Gasteiger partial charge in [-0.3, -0.25) is 0 Å². The molecule has 0 spiro atoms. The van der Waals surface area contributed by atoms with Gasteiger partial charge in [0, 0.05) is 12.2 Å². The molecule has 0 amide bonds. The van der Waals surface area contributed by atoms with Gasteiger partial charge in [0.05, 0.1) is 6.20 Å². The molecule has 0 aromatic carbocycles. The Hall–Kier alpha value is -1.22. The van der Waals surface area contributed by atoms with Crippen LogP contribution in [-0.2, 0) is 0 Å². The van der Waals surface area contributed by atoms with Crippen LogP contribution in [0.5, 0.6) is 0 Å². The van der Waals surface area contributed by atoms with Crippen molar-refractivity contribution in [1.29, 1.82) is 0 Å². The van der Waals surface area contributed by atoms with E-state index < -0.39 is 0 Å². The summed E-state index contributed by atoms with van der Waals surface area (Å²) >= 11 is 0. The molecule has 15 heavy (non-hydrogen) atoms. The second-order valence-corrected chi connectivity index (χ2v) is 3.78. The summed E-state index contributed by atoms with van der Waals surface area (Å²) in [5.74, 6) is 0. The topological polar surface area (TPSA) is 37.8 Å². The van der Waals surface area contributed by atoms with Crippen LogP contribution in [0.2, 0.25) is 0 Å². The Balaban J connectivity index is 2.61. The molecule has 0 aliphatic heterocycles. The lowest BCUT2D eigenvalue weighted by molar-refractivity contribution is 0.512. The van der Waals surface area contributed by atoms with Gasteiger partial charge in [-0.15, -0.1) is 6.58 Å². The molecular weight excluding hydrogens is 186 g/mol. The van der Waals surface area contributed by atoms with E-state index in [1.807, 2.05) is 12.3 Å². The van der Waals surface area contributed by atoms with E-state index in [9.17, 15) is 0 Å². The minimum Gasteiger partial charge on any atom is -0.310 e. The van der Waals surface area contributed by atoms with Crippen LogP contribution in [0.3, 0.4) is 0 Å². The van der Waals surface area contributed by atoms with Gasteiger partial charge in [0.15, 0.2) is 0 Å². The average molecular weight is 205 g/mol. The molecule has 82 valence electrons. The van der Waals surface area contributed by atoms with E-state index in [0.29, 0.717) is 6.04 Å². The predicted molar refractivity (Wildman–Crippen MR) is 62.5 cm³/mol.